The van der Waals surface area contributed by atoms with Crippen LogP contribution in [-0.2, 0) is 9.09 Å². The van der Waals surface area contributed by atoms with Crippen LogP contribution in [0.4, 0.5) is 0 Å². The summed E-state index contributed by atoms with van der Waals surface area (Å²) in [6.07, 6.45) is 3.23. The third-order valence-electron chi connectivity index (χ3n) is 3.13. The summed E-state index contributed by atoms with van der Waals surface area (Å²) in [5.41, 5.74) is 0. The first-order valence-electron chi connectivity index (χ1n) is 6.30. The van der Waals surface area contributed by atoms with E-state index in [-0.39, 0.29) is 5.78 Å². The maximum absolute atomic E-state index is 13.1. The average Bonchev–Trinajstić information content (AvgIpc) is 2.41. The van der Waals surface area contributed by atoms with Crippen molar-refractivity contribution in [3.8, 4) is 0 Å². The number of nitrogens with one attached hydrogen (secondary N) is 1. The van der Waals surface area contributed by atoms with Gasteiger partial charge in [0.25, 0.3) is 0 Å². The molecule has 1 saturated heterocycles. The zero-order valence-electron chi connectivity index (χ0n) is 10.3. The number of rotatable bonds is 4. The van der Waals surface area contributed by atoms with E-state index in [1.54, 1.807) is 0 Å². The van der Waals surface area contributed by atoms with E-state index in [0.717, 1.165) is 31.1 Å². The molecule has 0 amide bonds. The molecule has 1 aromatic rings. The van der Waals surface area contributed by atoms with E-state index in [9.17, 15) is 4.57 Å². The average molecular weight is 253 g/mol. The first-order valence-corrected chi connectivity index (χ1v) is 8.00. The van der Waals surface area contributed by atoms with Crippen molar-refractivity contribution in [3.63, 3.8) is 0 Å². The van der Waals surface area contributed by atoms with Crippen LogP contribution in [0.1, 0.15) is 26.2 Å². The molecule has 1 aromatic carbocycles. The fourth-order valence-corrected chi connectivity index (χ4v) is 4.85. The molecule has 0 radical (unpaired) electrons. The van der Waals surface area contributed by atoms with E-state index in [2.05, 4.69) is 5.32 Å². The molecule has 2 rings (SSSR count). The fourth-order valence-electron chi connectivity index (χ4n) is 2.30. The van der Waals surface area contributed by atoms with Crippen molar-refractivity contribution in [2.75, 3.05) is 13.2 Å². The van der Waals surface area contributed by atoms with Crippen molar-refractivity contribution in [1.29, 1.82) is 0 Å². The van der Waals surface area contributed by atoms with Gasteiger partial charge in [-0.15, -0.1) is 0 Å². The highest BCUT2D eigenvalue weighted by atomic mass is 31.2. The number of piperidine rings is 1. The number of hydrogen-bond acceptors (Lipinski definition) is 3. The molecule has 1 fully saturated rings. The van der Waals surface area contributed by atoms with Crippen molar-refractivity contribution in [2.45, 2.75) is 32.0 Å². The lowest BCUT2D eigenvalue weighted by Gasteiger charge is -2.31. The van der Waals surface area contributed by atoms with Crippen LogP contribution in [0, 0.1) is 0 Å². The Morgan fingerprint density at radius 3 is 2.71 bits per heavy atom. The highest BCUT2D eigenvalue weighted by molar-refractivity contribution is 7.67. The van der Waals surface area contributed by atoms with Crippen LogP contribution in [0.3, 0.4) is 0 Å². The zero-order chi connectivity index (χ0) is 12.1. The summed E-state index contributed by atoms with van der Waals surface area (Å²) in [4.78, 5) is 0. The summed E-state index contributed by atoms with van der Waals surface area (Å²) in [6, 6.07) is 9.60. The normalized spacial score (nSPS) is 24.2. The van der Waals surface area contributed by atoms with Crippen molar-refractivity contribution in [1.82, 2.24) is 5.32 Å². The molecule has 0 bridgehead atoms. The Kier molecular flexibility index (Phi) is 4.38. The Labute approximate surface area is 103 Å². The summed E-state index contributed by atoms with van der Waals surface area (Å²) < 4.78 is 18.7. The molecule has 17 heavy (non-hydrogen) atoms. The molecule has 1 heterocycles. The zero-order valence-corrected chi connectivity index (χ0v) is 11.2. The molecule has 0 aliphatic carbocycles. The molecule has 2 unspecified atom stereocenters. The Morgan fingerprint density at radius 1 is 1.35 bits per heavy atom. The van der Waals surface area contributed by atoms with Gasteiger partial charge in [0.15, 0.2) is 0 Å². The van der Waals surface area contributed by atoms with Gasteiger partial charge in [0, 0.05) is 5.30 Å². The number of hydrogen-bond donors (Lipinski definition) is 1. The predicted molar refractivity (Wildman–Crippen MR) is 71.0 cm³/mol. The Morgan fingerprint density at radius 2 is 2.12 bits per heavy atom. The first kappa shape index (κ1) is 12.8. The van der Waals surface area contributed by atoms with E-state index in [1.807, 2.05) is 37.3 Å². The second-order valence-corrected chi connectivity index (χ2v) is 6.91. The van der Waals surface area contributed by atoms with Crippen LogP contribution in [0.25, 0.3) is 0 Å². The molecule has 1 N–H and O–H groups in total. The summed E-state index contributed by atoms with van der Waals surface area (Å²) in [7, 11) is -2.76. The van der Waals surface area contributed by atoms with Gasteiger partial charge in [0.05, 0.1) is 12.4 Å². The maximum atomic E-state index is 13.1. The third-order valence-corrected chi connectivity index (χ3v) is 6.05. The van der Waals surface area contributed by atoms with Gasteiger partial charge in [0.1, 0.15) is 0 Å². The summed E-state index contributed by atoms with van der Waals surface area (Å²) in [6.45, 7) is 3.33. The third kappa shape index (κ3) is 2.79. The molecule has 1 aliphatic heterocycles. The minimum Gasteiger partial charge on any atom is -0.325 e. The van der Waals surface area contributed by atoms with Gasteiger partial charge < -0.3 is 9.84 Å². The van der Waals surface area contributed by atoms with Gasteiger partial charge in [0.2, 0.25) is 7.37 Å². The highest BCUT2D eigenvalue weighted by Gasteiger charge is 2.36. The smallest absolute Gasteiger partial charge is 0.248 e. The number of benzene rings is 1. The van der Waals surface area contributed by atoms with E-state index in [0.29, 0.717) is 6.61 Å². The van der Waals surface area contributed by atoms with Crippen molar-refractivity contribution in [2.24, 2.45) is 0 Å². The van der Waals surface area contributed by atoms with Gasteiger partial charge in [-0.2, -0.15) is 0 Å². The highest BCUT2D eigenvalue weighted by Crippen LogP contribution is 2.51. The Hall–Kier alpha value is -0.630. The molecule has 2 atom stereocenters. The molecular weight excluding hydrogens is 233 g/mol. The van der Waals surface area contributed by atoms with Gasteiger partial charge in [-0.25, -0.2) is 0 Å². The van der Waals surface area contributed by atoms with Crippen LogP contribution in [-0.4, -0.2) is 18.9 Å². The largest absolute Gasteiger partial charge is 0.325 e. The molecular formula is C13H20NO2P. The molecule has 3 nitrogen and oxygen atoms in total. The Balaban J connectivity index is 2.28. The second-order valence-electron chi connectivity index (χ2n) is 4.32. The van der Waals surface area contributed by atoms with Gasteiger partial charge in [-0.3, -0.25) is 4.57 Å². The minimum absolute atomic E-state index is 0.0152. The molecule has 94 valence electrons. The SMILES string of the molecule is CCOP(=O)(c1ccccc1)C1CCCCN1. The lowest BCUT2D eigenvalue weighted by atomic mass is 10.2. The molecule has 0 aromatic heterocycles. The topological polar surface area (TPSA) is 38.3 Å². The minimum atomic E-state index is -2.76. The molecule has 4 heteroatoms. The summed E-state index contributed by atoms with van der Waals surface area (Å²) >= 11 is 0. The van der Waals surface area contributed by atoms with Gasteiger partial charge in [-0.05, 0) is 38.4 Å². The first-order chi connectivity index (χ1) is 8.27. The monoisotopic (exact) mass is 253 g/mol. The van der Waals surface area contributed by atoms with Crippen LogP contribution < -0.4 is 10.6 Å². The standard InChI is InChI=1S/C13H20NO2P/c1-2-16-17(15,12-8-4-3-5-9-12)13-10-6-7-11-14-13/h3-5,8-9,13-14H,2,6-7,10-11H2,1H3. The van der Waals surface area contributed by atoms with E-state index in [4.69, 9.17) is 4.52 Å². The molecule has 0 spiro atoms. The van der Waals surface area contributed by atoms with Crippen molar-refractivity contribution in [3.05, 3.63) is 30.3 Å². The fraction of sp³-hybridized carbons (Fsp3) is 0.538. The van der Waals surface area contributed by atoms with Gasteiger partial charge >= 0.3 is 0 Å². The second kappa shape index (κ2) is 5.81. The molecule has 1 aliphatic rings. The summed E-state index contributed by atoms with van der Waals surface area (Å²) in [5.74, 6) is -0.0152. The van der Waals surface area contributed by atoms with E-state index >= 15 is 0 Å². The van der Waals surface area contributed by atoms with E-state index in [1.165, 1.54) is 0 Å². The lowest BCUT2D eigenvalue weighted by Crippen LogP contribution is -2.37. The quantitative estimate of drug-likeness (QED) is 0.838. The van der Waals surface area contributed by atoms with Crippen molar-refractivity contribution >= 4 is 12.7 Å². The van der Waals surface area contributed by atoms with E-state index < -0.39 is 7.37 Å². The van der Waals surface area contributed by atoms with Crippen molar-refractivity contribution < 1.29 is 9.09 Å². The maximum Gasteiger partial charge on any atom is 0.248 e. The molecule has 0 saturated carbocycles. The van der Waals surface area contributed by atoms with Crippen LogP contribution >= 0.6 is 7.37 Å². The van der Waals surface area contributed by atoms with Crippen LogP contribution in [0.5, 0.6) is 0 Å². The van der Waals surface area contributed by atoms with Crippen LogP contribution in [0.2, 0.25) is 0 Å². The predicted octanol–water partition coefficient (Wildman–Crippen LogP) is 2.73. The lowest BCUT2D eigenvalue weighted by molar-refractivity contribution is 0.317. The summed E-state index contributed by atoms with van der Waals surface area (Å²) in [5, 5.41) is 4.19. The Bertz CT molecular complexity index is 388. The van der Waals surface area contributed by atoms with Crippen LogP contribution in [0.15, 0.2) is 30.3 Å². The van der Waals surface area contributed by atoms with Gasteiger partial charge in [-0.1, -0.05) is 24.6 Å².